The molecular formula is C21H15BrN2O2. The van der Waals surface area contributed by atoms with E-state index in [1.807, 2.05) is 54.6 Å². The molecule has 1 N–H and O–H groups in total. The molecule has 0 bridgehead atoms. The zero-order valence-electron chi connectivity index (χ0n) is 13.8. The van der Waals surface area contributed by atoms with Gasteiger partial charge >= 0.3 is 0 Å². The molecule has 3 aromatic carbocycles. The zero-order valence-corrected chi connectivity index (χ0v) is 15.4. The summed E-state index contributed by atoms with van der Waals surface area (Å²) in [5, 5.41) is 5.64. The molecule has 1 heterocycles. The topological polar surface area (TPSA) is 51.1 Å². The minimum Gasteiger partial charge on any atom is -0.338 e. The number of benzene rings is 3. The molecule has 0 spiro atoms. The molecule has 1 amide bonds. The maximum absolute atomic E-state index is 12.6. The predicted octanol–water partition coefficient (Wildman–Crippen LogP) is 4.56. The Morgan fingerprint density at radius 2 is 1.77 bits per heavy atom. The van der Waals surface area contributed by atoms with Crippen LogP contribution in [0.25, 0.3) is 21.7 Å². The Labute approximate surface area is 158 Å². The first-order chi connectivity index (χ1) is 12.6. The Hall–Kier alpha value is -2.92. The average Bonchev–Trinajstić information content (AvgIpc) is 2.64. The molecule has 26 heavy (non-hydrogen) atoms. The smallest absolute Gasteiger partial charge is 0.244 e. The molecular weight excluding hydrogens is 392 g/mol. The van der Waals surface area contributed by atoms with Crippen molar-refractivity contribution in [3.8, 4) is 0 Å². The summed E-state index contributed by atoms with van der Waals surface area (Å²) in [6.07, 6.45) is 1.65. The third-order valence-corrected chi connectivity index (χ3v) is 4.81. The van der Waals surface area contributed by atoms with Gasteiger partial charge in [-0.3, -0.25) is 9.59 Å². The van der Waals surface area contributed by atoms with E-state index in [1.54, 1.807) is 16.8 Å². The Balaban J connectivity index is 1.67. The number of nitrogens with one attached hydrogen (secondary N) is 1. The van der Waals surface area contributed by atoms with Crippen LogP contribution in [-0.2, 0) is 11.3 Å². The van der Waals surface area contributed by atoms with E-state index in [1.165, 1.54) is 6.07 Å². The lowest BCUT2D eigenvalue weighted by molar-refractivity contribution is -0.116. The molecule has 0 fully saturated rings. The first-order valence-corrected chi connectivity index (χ1v) is 8.97. The highest BCUT2D eigenvalue weighted by atomic mass is 79.9. The van der Waals surface area contributed by atoms with Crippen molar-refractivity contribution in [2.75, 3.05) is 5.32 Å². The molecule has 1 aromatic heterocycles. The first kappa shape index (κ1) is 16.5. The van der Waals surface area contributed by atoms with E-state index in [-0.39, 0.29) is 17.9 Å². The van der Waals surface area contributed by atoms with Gasteiger partial charge in [0.05, 0.1) is 5.52 Å². The number of carbonyl (C=O) groups is 1. The highest BCUT2D eigenvalue weighted by molar-refractivity contribution is 9.10. The monoisotopic (exact) mass is 406 g/mol. The number of anilines is 1. The van der Waals surface area contributed by atoms with E-state index >= 15 is 0 Å². The quantitative estimate of drug-likeness (QED) is 0.542. The molecule has 5 heteroatoms. The van der Waals surface area contributed by atoms with Crippen molar-refractivity contribution in [2.24, 2.45) is 0 Å². The summed E-state index contributed by atoms with van der Waals surface area (Å²) < 4.78 is 2.64. The van der Waals surface area contributed by atoms with Crippen molar-refractivity contribution < 1.29 is 4.79 Å². The van der Waals surface area contributed by atoms with Gasteiger partial charge in [-0.15, -0.1) is 0 Å². The van der Waals surface area contributed by atoms with Crippen LogP contribution in [0.4, 0.5) is 5.69 Å². The lowest BCUT2D eigenvalue weighted by Crippen LogP contribution is -2.20. The fourth-order valence-corrected chi connectivity index (χ4v) is 3.44. The lowest BCUT2D eigenvalue weighted by atomic mass is 10.1. The molecule has 0 aliphatic carbocycles. The number of hydrogen-bond acceptors (Lipinski definition) is 2. The van der Waals surface area contributed by atoms with Gasteiger partial charge < -0.3 is 9.88 Å². The van der Waals surface area contributed by atoms with Crippen LogP contribution in [0.1, 0.15) is 0 Å². The van der Waals surface area contributed by atoms with Crippen LogP contribution >= 0.6 is 15.9 Å². The van der Waals surface area contributed by atoms with E-state index in [9.17, 15) is 9.59 Å². The van der Waals surface area contributed by atoms with Gasteiger partial charge in [-0.2, -0.15) is 0 Å². The average molecular weight is 407 g/mol. The van der Waals surface area contributed by atoms with Crippen molar-refractivity contribution in [1.82, 2.24) is 4.57 Å². The number of pyridine rings is 1. The Morgan fingerprint density at radius 1 is 0.962 bits per heavy atom. The third kappa shape index (κ3) is 3.13. The zero-order chi connectivity index (χ0) is 18.1. The van der Waals surface area contributed by atoms with Gasteiger partial charge in [-0.05, 0) is 29.7 Å². The number of carbonyl (C=O) groups excluding carboxylic acids is 1. The second kappa shape index (κ2) is 6.77. The van der Waals surface area contributed by atoms with Crippen molar-refractivity contribution >= 4 is 49.2 Å². The number of nitrogens with zero attached hydrogens (tertiary/aromatic N) is 1. The number of hydrogen-bond donors (Lipinski definition) is 1. The van der Waals surface area contributed by atoms with Gasteiger partial charge in [0.15, 0.2) is 5.43 Å². The molecule has 0 saturated heterocycles. The van der Waals surface area contributed by atoms with E-state index in [4.69, 9.17) is 0 Å². The summed E-state index contributed by atoms with van der Waals surface area (Å²) >= 11 is 3.42. The van der Waals surface area contributed by atoms with Gasteiger partial charge in [-0.1, -0.05) is 52.3 Å². The number of aromatic nitrogens is 1. The maximum Gasteiger partial charge on any atom is 0.244 e. The van der Waals surface area contributed by atoms with Gasteiger partial charge in [0.1, 0.15) is 6.54 Å². The van der Waals surface area contributed by atoms with Crippen LogP contribution in [-0.4, -0.2) is 10.5 Å². The summed E-state index contributed by atoms with van der Waals surface area (Å²) in [7, 11) is 0. The fraction of sp³-hybridized carbons (Fsp3) is 0.0476. The standard InChI is InChI=1S/C21H15BrN2O2/c22-15-8-9-17-19(12-15)24(11-10-20(17)25)13-21(26)23-18-7-3-5-14-4-1-2-6-16(14)18/h1-12H,13H2,(H,23,26). The molecule has 0 aliphatic rings. The van der Waals surface area contributed by atoms with Crippen LogP contribution in [0.3, 0.4) is 0 Å². The van der Waals surface area contributed by atoms with Gasteiger partial charge in [0, 0.05) is 33.2 Å². The Morgan fingerprint density at radius 3 is 2.65 bits per heavy atom. The van der Waals surface area contributed by atoms with E-state index in [0.717, 1.165) is 26.4 Å². The third-order valence-electron chi connectivity index (χ3n) is 4.32. The molecule has 0 atom stereocenters. The maximum atomic E-state index is 12.6. The van der Waals surface area contributed by atoms with Crippen LogP contribution < -0.4 is 10.7 Å². The summed E-state index contributed by atoms with van der Waals surface area (Å²) in [6, 6.07) is 20.7. The molecule has 128 valence electrons. The fourth-order valence-electron chi connectivity index (χ4n) is 3.10. The lowest BCUT2D eigenvalue weighted by Gasteiger charge is -2.12. The van der Waals surface area contributed by atoms with Gasteiger partial charge in [0.25, 0.3) is 0 Å². The Kier molecular flexibility index (Phi) is 4.31. The molecule has 0 unspecified atom stereocenters. The predicted molar refractivity (Wildman–Crippen MR) is 108 cm³/mol. The molecule has 4 nitrogen and oxygen atoms in total. The largest absolute Gasteiger partial charge is 0.338 e. The van der Waals surface area contributed by atoms with Crippen LogP contribution in [0.2, 0.25) is 0 Å². The summed E-state index contributed by atoms with van der Waals surface area (Å²) in [5.41, 5.74) is 1.44. The minimum absolute atomic E-state index is 0.0572. The molecule has 0 radical (unpaired) electrons. The summed E-state index contributed by atoms with van der Waals surface area (Å²) in [4.78, 5) is 24.7. The molecule has 4 rings (SSSR count). The van der Waals surface area contributed by atoms with Gasteiger partial charge in [-0.25, -0.2) is 0 Å². The van der Waals surface area contributed by atoms with Crippen LogP contribution in [0, 0.1) is 0 Å². The van der Waals surface area contributed by atoms with Crippen molar-refractivity contribution in [3.05, 3.63) is 87.6 Å². The van der Waals surface area contributed by atoms with E-state index in [2.05, 4.69) is 21.2 Å². The SMILES string of the molecule is O=C(Cn1ccc(=O)c2ccc(Br)cc21)Nc1cccc2ccccc12. The number of rotatable bonds is 3. The minimum atomic E-state index is -0.147. The summed E-state index contributed by atoms with van der Waals surface area (Å²) in [5.74, 6) is -0.147. The molecule has 0 aliphatic heterocycles. The highest BCUT2D eigenvalue weighted by Gasteiger charge is 2.09. The first-order valence-electron chi connectivity index (χ1n) is 8.18. The van der Waals surface area contributed by atoms with Crippen molar-refractivity contribution in [3.63, 3.8) is 0 Å². The second-order valence-corrected chi connectivity index (χ2v) is 6.96. The number of amides is 1. The highest BCUT2D eigenvalue weighted by Crippen LogP contribution is 2.23. The molecule has 0 saturated carbocycles. The number of halogens is 1. The van der Waals surface area contributed by atoms with Crippen LogP contribution in [0.15, 0.2) is 82.2 Å². The number of fused-ring (bicyclic) bond motifs is 2. The summed E-state index contributed by atoms with van der Waals surface area (Å²) in [6.45, 7) is 0.121. The second-order valence-electron chi connectivity index (χ2n) is 6.04. The normalized spacial score (nSPS) is 11.0. The van der Waals surface area contributed by atoms with E-state index < -0.39 is 0 Å². The van der Waals surface area contributed by atoms with Crippen LogP contribution in [0.5, 0.6) is 0 Å². The molecule has 4 aromatic rings. The van der Waals surface area contributed by atoms with E-state index in [0.29, 0.717) is 5.39 Å². The van der Waals surface area contributed by atoms with Crippen molar-refractivity contribution in [1.29, 1.82) is 0 Å². The van der Waals surface area contributed by atoms with Gasteiger partial charge in [0.2, 0.25) is 5.91 Å². The van der Waals surface area contributed by atoms with Crippen molar-refractivity contribution in [2.45, 2.75) is 6.54 Å². The Bertz CT molecular complexity index is 1190.